The van der Waals surface area contributed by atoms with Crippen molar-refractivity contribution in [1.82, 2.24) is 9.97 Å². The Hall–Kier alpha value is -4.71. The van der Waals surface area contributed by atoms with E-state index in [0.29, 0.717) is 5.95 Å². The number of hydrazone groups is 1. The summed E-state index contributed by atoms with van der Waals surface area (Å²) in [5.41, 5.74) is 5.95. The SMILES string of the molecule is COc1ccc(C2=NN(c3nc(-c4ccccc4)c4ccccc4n3)[C@H](c3ccc(OC)cc3)C2)cc1. The van der Waals surface area contributed by atoms with E-state index in [2.05, 4.69) is 30.3 Å². The maximum Gasteiger partial charge on any atom is 0.247 e. The second kappa shape index (κ2) is 9.74. The van der Waals surface area contributed by atoms with E-state index >= 15 is 0 Å². The van der Waals surface area contributed by atoms with Crippen molar-refractivity contribution in [2.24, 2.45) is 5.10 Å². The molecule has 1 atom stereocenters. The van der Waals surface area contributed by atoms with Gasteiger partial charge in [0.2, 0.25) is 5.95 Å². The lowest BCUT2D eigenvalue weighted by atomic mass is 9.98. The molecule has 1 aromatic heterocycles. The van der Waals surface area contributed by atoms with E-state index in [1.807, 2.05) is 77.8 Å². The minimum atomic E-state index is -0.0622. The van der Waals surface area contributed by atoms with Gasteiger partial charge in [-0.3, -0.25) is 0 Å². The van der Waals surface area contributed by atoms with Crippen LogP contribution in [0.15, 0.2) is 108 Å². The molecule has 0 bridgehead atoms. The standard InChI is InChI=1S/C31H26N4O2/c1-36-24-16-12-21(13-17-24)28-20-29(22-14-18-25(37-2)19-15-22)35(34-28)31-32-27-11-7-6-10-26(27)30(33-31)23-8-4-3-5-9-23/h3-19,29H,20H2,1-2H3/t29-/m0/s1. The zero-order chi connectivity index (χ0) is 25.2. The third kappa shape index (κ3) is 4.38. The van der Waals surface area contributed by atoms with Crippen LogP contribution in [0.25, 0.3) is 22.2 Å². The van der Waals surface area contributed by atoms with Gasteiger partial charge in [0.25, 0.3) is 0 Å². The van der Waals surface area contributed by atoms with Gasteiger partial charge in [0.15, 0.2) is 0 Å². The lowest BCUT2D eigenvalue weighted by molar-refractivity contribution is 0.414. The van der Waals surface area contributed by atoms with Gasteiger partial charge in [-0.15, -0.1) is 0 Å². The molecular formula is C31H26N4O2. The molecule has 182 valence electrons. The molecule has 2 heterocycles. The molecule has 1 aliphatic rings. The van der Waals surface area contributed by atoms with E-state index in [4.69, 9.17) is 24.5 Å². The Kier molecular flexibility index (Phi) is 5.98. The lowest BCUT2D eigenvalue weighted by Gasteiger charge is -2.23. The smallest absolute Gasteiger partial charge is 0.247 e. The monoisotopic (exact) mass is 486 g/mol. The van der Waals surface area contributed by atoms with Gasteiger partial charge in [0.05, 0.1) is 37.2 Å². The van der Waals surface area contributed by atoms with Crippen molar-refractivity contribution in [3.63, 3.8) is 0 Å². The summed E-state index contributed by atoms with van der Waals surface area (Å²) in [6.07, 6.45) is 0.718. The van der Waals surface area contributed by atoms with E-state index in [0.717, 1.165) is 56.9 Å². The van der Waals surface area contributed by atoms with Gasteiger partial charge in [0, 0.05) is 17.4 Å². The number of nitrogens with zero attached hydrogens (tertiary/aromatic N) is 4. The molecule has 0 N–H and O–H groups in total. The molecule has 6 nitrogen and oxygen atoms in total. The van der Waals surface area contributed by atoms with E-state index < -0.39 is 0 Å². The molecule has 0 saturated heterocycles. The first-order valence-corrected chi connectivity index (χ1v) is 12.2. The summed E-state index contributed by atoms with van der Waals surface area (Å²) in [5, 5.41) is 8.05. The number of anilines is 1. The summed E-state index contributed by atoms with van der Waals surface area (Å²) < 4.78 is 10.7. The van der Waals surface area contributed by atoms with Gasteiger partial charge in [-0.1, -0.05) is 60.7 Å². The van der Waals surface area contributed by atoms with Gasteiger partial charge in [0.1, 0.15) is 11.5 Å². The first-order valence-electron chi connectivity index (χ1n) is 12.2. The number of methoxy groups -OCH3 is 2. The molecule has 0 amide bonds. The zero-order valence-corrected chi connectivity index (χ0v) is 20.7. The third-order valence-corrected chi connectivity index (χ3v) is 6.68. The second-order valence-corrected chi connectivity index (χ2v) is 8.87. The van der Waals surface area contributed by atoms with E-state index in [9.17, 15) is 0 Å². The Morgan fingerprint density at radius 1 is 0.676 bits per heavy atom. The van der Waals surface area contributed by atoms with Crippen molar-refractivity contribution in [1.29, 1.82) is 0 Å². The molecule has 6 rings (SSSR count). The van der Waals surface area contributed by atoms with Gasteiger partial charge in [-0.25, -0.2) is 15.0 Å². The van der Waals surface area contributed by atoms with Crippen LogP contribution in [0.3, 0.4) is 0 Å². The van der Waals surface area contributed by atoms with Crippen molar-refractivity contribution in [3.05, 3.63) is 114 Å². The van der Waals surface area contributed by atoms with Gasteiger partial charge in [-0.05, 0) is 53.6 Å². The average Bonchev–Trinajstić information content (AvgIpc) is 3.43. The molecular weight excluding hydrogens is 460 g/mol. The van der Waals surface area contributed by atoms with Crippen LogP contribution in [0.2, 0.25) is 0 Å². The highest BCUT2D eigenvalue weighted by Gasteiger charge is 2.32. The molecule has 0 unspecified atom stereocenters. The third-order valence-electron chi connectivity index (χ3n) is 6.68. The maximum absolute atomic E-state index is 5.39. The van der Waals surface area contributed by atoms with Crippen molar-refractivity contribution >= 4 is 22.6 Å². The van der Waals surface area contributed by atoms with E-state index in [1.165, 1.54) is 0 Å². The highest BCUT2D eigenvalue weighted by molar-refractivity contribution is 6.03. The Morgan fingerprint density at radius 3 is 2.03 bits per heavy atom. The molecule has 0 fully saturated rings. The summed E-state index contributed by atoms with van der Waals surface area (Å²) in [5.74, 6) is 2.20. The highest BCUT2D eigenvalue weighted by atomic mass is 16.5. The van der Waals surface area contributed by atoms with Crippen molar-refractivity contribution in [2.45, 2.75) is 12.5 Å². The Morgan fingerprint density at radius 2 is 1.32 bits per heavy atom. The highest BCUT2D eigenvalue weighted by Crippen LogP contribution is 2.38. The van der Waals surface area contributed by atoms with Gasteiger partial charge in [-0.2, -0.15) is 5.10 Å². The largest absolute Gasteiger partial charge is 0.497 e. The van der Waals surface area contributed by atoms with Gasteiger partial charge >= 0.3 is 0 Å². The zero-order valence-electron chi connectivity index (χ0n) is 20.7. The summed E-state index contributed by atoms with van der Waals surface area (Å²) >= 11 is 0. The Bertz CT molecular complexity index is 1570. The lowest BCUT2D eigenvalue weighted by Crippen LogP contribution is -2.21. The molecule has 0 saturated carbocycles. The topological polar surface area (TPSA) is 59.8 Å². The fourth-order valence-corrected chi connectivity index (χ4v) is 4.72. The molecule has 0 spiro atoms. The van der Waals surface area contributed by atoms with Crippen LogP contribution in [-0.2, 0) is 0 Å². The van der Waals surface area contributed by atoms with Crippen LogP contribution in [0.5, 0.6) is 11.5 Å². The van der Waals surface area contributed by atoms with Crippen molar-refractivity contribution in [2.75, 3.05) is 19.2 Å². The number of hydrogen-bond acceptors (Lipinski definition) is 6. The Labute approximate surface area is 215 Å². The van der Waals surface area contributed by atoms with Crippen LogP contribution in [0.4, 0.5) is 5.95 Å². The molecule has 0 radical (unpaired) electrons. The number of para-hydroxylation sites is 1. The van der Waals surface area contributed by atoms with Crippen LogP contribution < -0.4 is 14.5 Å². The fourth-order valence-electron chi connectivity index (χ4n) is 4.72. The molecule has 37 heavy (non-hydrogen) atoms. The summed E-state index contributed by atoms with van der Waals surface area (Å²) in [6.45, 7) is 0. The van der Waals surface area contributed by atoms with Crippen LogP contribution in [-0.4, -0.2) is 29.9 Å². The fraction of sp³-hybridized carbons (Fsp3) is 0.129. The minimum Gasteiger partial charge on any atom is -0.497 e. The van der Waals surface area contributed by atoms with E-state index in [-0.39, 0.29) is 6.04 Å². The quantitative estimate of drug-likeness (QED) is 0.268. The number of benzene rings is 4. The summed E-state index contributed by atoms with van der Waals surface area (Å²) in [4.78, 5) is 10.1. The predicted octanol–water partition coefficient (Wildman–Crippen LogP) is 6.67. The van der Waals surface area contributed by atoms with Crippen LogP contribution in [0, 0.1) is 0 Å². The first kappa shape index (κ1) is 22.7. The maximum atomic E-state index is 5.39. The van der Waals surface area contributed by atoms with E-state index in [1.54, 1.807) is 14.2 Å². The van der Waals surface area contributed by atoms with Crippen LogP contribution in [0.1, 0.15) is 23.6 Å². The van der Waals surface area contributed by atoms with Crippen LogP contribution >= 0.6 is 0 Å². The normalized spacial score (nSPS) is 15.0. The molecule has 4 aromatic carbocycles. The minimum absolute atomic E-state index is 0.0622. The number of hydrogen-bond donors (Lipinski definition) is 0. The molecule has 6 heteroatoms. The van der Waals surface area contributed by atoms with Crippen molar-refractivity contribution < 1.29 is 9.47 Å². The average molecular weight is 487 g/mol. The first-order chi connectivity index (χ1) is 18.2. The summed E-state index contributed by atoms with van der Waals surface area (Å²) in [6, 6.07) is 34.4. The number of fused-ring (bicyclic) bond motifs is 1. The number of ether oxygens (including phenoxy) is 2. The number of rotatable bonds is 6. The molecule has 0 aliphatic carbocycles. The second-order valence-electron chi connectivity index (χ2n) is 8.87. The number of aromatic nitrogens is 2. The molecule has 1 aliphatic heterocycles. The Balaban J connectivity index is 1.49. The predicted molar refractivity (Wildman–Crippen MR) is 147 cm³/mol. The summed E-state index contributed by atoms with van der Waals surface area (Å²) in [7, 11) is 3.35. The van der Waals surface area contributed by atoms with Gasteiger partial charge < -0.3 is 9.47 Å². The molecule has 5 aromatic rings. The van der Waals surface area contributed by atoms with Crippen molar-refractivity contribution in [3.8, 4) is 22.8 Å².